The van der Waals surface area contributed by atoms with Crippen LogP contribution >= 0.6 is 23.2 Å². The van der Waals surface area contributed by atoms with Crippen molar-refractivity contribution in [3.05, 3.63) is 40.1 Å². The summed E-state index contributed by atoms with van der Waals surface area (Å²) >= 11 is 11.8. The summed E-state index contributed by atoms with van der Waals surface area (Å²) in [5.74, 6) is 0.845. The number of rotatable bonds is 7. The number of amides is 1. The summed E-state index contributed by atoms with van der Waals surface area (Å²) < 4.78 is 17.1. The number of nitrogens with zero attached hydrogens (tertiary/aromatic N) is 2. The standard InChI is InChI=1S/C20H23Cl2N3O4/c1-3-28-17-11-16(25-5-7-27-8-6-25)18(29-4-2)10-15(17)24-20(26)13-9-14(21)19(22)23-12-13/h9-12H,3-8H2,1-2H3,(H,24,26). The Kier molecular flexibility index (Phi) is 7.41. The molecule has 0 saturated carbocycles. The van der Waals surface area contributed by atoms with Crippen LogP contribution in [0.4, 0.5) is 11.4 Å². The number of nitrogens with one attached hydrogen (secondary N) is 1. The molecule has 0 unspecified atom stereocenters. The van der Waals surface area contributed by atoms with Gasteiger partial charge in [-0.05, 0) is 19.9 Å². The minimum atomic E-state index is -0.376. The molecule has 3 rings (SSSR count). The van der Waals surface area contributed by atoms with Crippen molar-refractivity contribution < 1.29 is 19.0 Å². The zero-order valence-corrected chi connectivity index (χ0v) is 17.8. The SMILES string of the molecule is CCOc1cc(N2CCOCC2)c(OCC)cc1NC(=O)c1cnc(Cl)c(Cl)c1. The molecule has 0 spiro atoms. The van der Waals surface area contributed by atoms with E-state index in [0.717, 1.165) is 18.8 Å². The number of aromatic nitrogens is 1. The summed E-state index contributed by atoms with van der Waals surface area (Å²) in [6.07, 6.45) is 1.37. The van der Waals surface area contributed by atoms with Crippen LogP contribution in [0.2, 0.25) is 10.2 Å². The first-order valence-electron chi connectivity index (χ1n) is 9.42. The van der Waals surface area contributed by atoms with Gasteiger partial charge in [-0.25, -0.2) is 4.98 Å². The van der Waals surface area contributed by atoms with Crippen molar-refractivity contribution in [1.82, 2.24) is 4.98 Å². The Morgan fingerprint density at radius 3 is 2.48 bits per heavy atom. The maximum Gasteiger partial charge on any atom is 0.257 e. The van der Waals surface area contributed by atoms with Crippen molar-refractivity contribution in [3.8, 4) is 11.5 Å². The van der Waals surface area contributed by atoms with E-state index in [1.807, 2.05) is 19.9 Å². The quantitative estimate of drug-likeness (QED) is 0.649. The number of carbonyl (C=O) groups is 1. The van der Waals surface area contributed by atoms with Gasteiger partial charge < -0.3 is 24.4 Å². The molecular weight excluding hydrogens is 417 g/mol. The second-order valence-corrected chi connectivity index (χ2v) is 7.00. The van der Waals surface area contributed by atoms with Crippen molar-refractivity contribution in [3.63, 3.8) is 0 Å². The summed E-state index contributed by atoms with van der Waals surface area (Å²) in [4.78, 5) is 18.8. The van der Waals surface area contributed by atoms with E-state index < -0.39 is 0 Å². The summed E-state index contributed by atoms with van der Waals surface area (Å²) in [6.45, 7) is 7.57. The summed E-state index contributed by atoms with van der Waals surface area (Å²) in [7, 11) is 0. The third kappa shape index (κ3) is 5.23. The van der Waals surface area contributed by atoms with Gasteiger partial charge in [-0.3, -0.25) is 4.79 Å². The first-order valence-corrected chi connectivity index (χ1v) is 10.2. The number of halogens is 2. The van der Waals surface area contributed by atoms with Crippen LogP contribution in [0.5, 0.6) is 11.5 Å². The lowest BCUT2D eigenvalue weighted by Crippen LogP contribution is -2.36. The van der Waals surface area contributed by atoms with Crippen LogP contribution in [0, 0.1) is 0 Å². The largest absolute Gasteiger partial charge is 0.492 e. The highest BCUT2D eigenvalue weighted by atomic mass is 35.5. The van der Waals surface area contributed by atoms with E-state index in [9.17, 15) is 4.79 Å². The molecule has 9 heteroatoms. The van der Waals surface area contributed by atoms with E-state index in [2.05, 4.69) is 15.2 Å². The Morgan fingerprint density at radius 1 is 1.14 bits per heavy atom. The van der Waals surface area contributed by atoms with Crippen LogP contribution in [-0.4, -0.2) is 50.4 Å². The Labute approximate surface area is 179 Å². The topological polar surface area (TPSA) is 72.9 Å². The number of hydrogen-bond acceptors (Lipinski definition) is 6. The third-order valence-corrected chi connectivity index (χ3v) is 5.01. The van der Waals surface area contributed by atoms with Crippen molar-refractivity contribution in [2.45, 2.75) is 13.8 Å². The highest BCUT2D eigenvalue weighted by Gasteiger charge is 2.21. The van der Waals surface area contributed by atoms with E-state index in [0.29, 0.717) is 43.6 Å². The molecule has 1 aliphatic heterocycles. The predicted octanol–water partition coefficient (Wildman–Crippen LogP) is 4.27. The molecular formula is C20H23Cl2N3O4. The van der Waals surface area contributed by atoms with Crippen molar-refractivity contribution in [2.24, 2.45) is 0 Å². The highest BCUT2D eigenvalue weighted by molar-refractivity contribution is 6.41. The minimum absolute atomic E-state index is 0.145. The van der Waals surface area contributed by atoms with Gasteiger partial charge in [-0.2, -0.15) is 0 Å². The molecule has 156 valence electrons. The van der Waals surface area contributed by atoms with Crippen LogP contribution in [0.25, 0.3) is 0 Å². The Bertz CT molecular complexity index is 873. The number of morpholine rings is 1. The zero-order chi connectivity index (χ0) is 20.8. The molecule has 1 N–H and O–H groups in total. The fraction of sp³-hybridized carbons (Fsp3) is 0.400. The Balaban J connectivity index is 1.94. The van der Waals surface area contributed by atoms with E-state index in [1.54, 1.807) is 6.07 Å². The maximum absolute atomic E-state index is 12.7. The van der Waals surface area contributed by atoms with Gasteiger partial charge in [-0.1, -0.05) is 23.2 Å². The van der Waals surface area contributed by atoms with Gasteiger partial charge in [0, 0.05) is 31.4 Å². The maximum atomic E-state index is 12.7. The second kappa shape index (κ2) is 10.0. The molecule has 1 amide bonds. The van der Waals surface area contributed by atoms with Gasteiger partial charge in [0.25, 0.3) is 5.91 Å². The summed E-state index contributed by atoms with van der Waals surface area (Å²) in [5.41, 5.74) is 1.70. The predicted molar refractivity (Wildman–Crippen MR) is 114 cm³/mol. The van der Waals surface area contributed by atoms with E-state index >= 15 is 0 Å². The molecule has 0 atom stereocenters. The Hall–Kier alpha value is -2.22. The summed E-state index contributed by atoms with van der Waals surface area (Å²) in [5, 5.41) is 3.21. The van der Waals surface area contributed by atoms with Crippen LogP contribution in [0.15, 0.2) is 24.4 Å². The van der Waals surface area contributed by atoms with Crippen molar-refractivity contribution in [2.75, 3.05) is 49.7 Å². The fourth-order valence-corrected chi connectivity index (χ4v) is 3.25. The van der Waals surface area contributed by atoms with Crippen LogP contribution in [0.1, 0.15) is 24.2 Å². The molecule has 0 bridgehead atoms. The molecule has 0 aliphatic carbocycles. The van der Waals surface area contributed by atoms with E-state index in [-0.39, 0.29) is 21.6 Å². The average Bonchev–Trinajstić information content (AvgIpc) is 2.72. The monoisotopic (exact) mass is 439 g/mol. The molecule has 29 heavy (non-hydrogen) atoms. The number of benzene rings is 1. The lowest BCUT2D eigenvalue weighted by molar-refractivity contribution is 0.102. The van der Waals surface area contributed by atoms with Crippen LogP contribution in [0.3, 0.4) is 0 Å². The van der Waals surface area contributed by atoms with E-state index in [4.69, 9.17) is 37.4 Å². The van der Waals surface area contributed by atoms with Gasteiger partial charge in [-0.15, -0.1) is 0 Å². The third-order valence-electron chi connectivity index (χ3n) is 4.32. The molecule has 1 aromatic carbocycles. The summed E-state index contributed by atoms with van der Waals surface area (Å²) in [6, 6.07) is 5.14. The minimum Gasteiger partial charge on any atom is -0.492 e. The molecule has 2 aromatic rings. The molecule has 1 aliphatic rings. The second-order valence-electron chi connectivity index (χ2n) is 6.23. The lowest BCUT2D eigenvalue weighted by Gasteiger charge is -2.31. The average molecular weight is 440 g/mol. The van der Waals surface area contributed by atoms with E-state index in [1.165, 1.54) is 12.3 Å². The van der Waals surface area contributed by atoms with Gasteiger partial charge in [0.05, 0.1) is 48.4 Å². The molecule has 1 saturated heterocycles. The Morgan fingerprint density at radius 2 is 1.83 bits per heavy atom. The highest BCUT2D eigenvalue weighted by Crippen LogP contribution is 2.39. The molecule has 1 fully saturated rings. The molecule has 7 nitrogen and oxygen atoms in total. The zero-order valence-electron chi connectivity index (χ0n) is 16.3. The number of anilines is 2. The smallest absolute Gasteiger partial charge is 0.257 e. The number of carbonyl (C=O) groups excluding carboxylic acids is 1. The van der Waals surface area contributed by atoms with Gasteiger partial charge >= 0.3 is 0 Å². The molecule has 1 aromatic heterocycles. The van der Waals surface area contributed by atoms with Crippen LogP contribution < -0.4 is 19.7 Å². The van der Waals surface area contributed by atoms with Gasteiger partial charge in [0.15, 0.2) is 0 Å². The number of ether oxygens (including phenoxy) is 3. The first-order chi connectivity index (χ1) is 14.0. The lowest BCUT2D eigenvalue weighted by atomic mass is 10.2. The van der Waals surface area contributed by atoms with Crippen molar-refractivity contribution >= 4 is 40.5 Å². The van der Waals surface area contributed by atoms with Crippen LogP contribution in [-0.2, 0) is 4.74 Å². The van der Waals surface area contributed by atoms with Gasteiger partial charge in [0.1, 0.15) is 16.7 Å². The number of pyridine rings is 1. The first kappa shape index (κ1) is 21.5. The van der Waals surface area contributed by atoms with Gasteiger partial charge in [0.2, 0.25) is 0 Å². The fourth-order valence-electron chi connectivity index (χ4n) is 2.98. The molecule has 2 heterocycles. The number of hydrogen-bond donors (Lipinski definition) is 1. The normalized spacial score (nSPS) is 13.9. The van der Waals surface area contributed by atoms with Crippen molar-refractivity contribution in [1.29, 1.82) is 0 Å². The molecule has 0 radical (unpaired) electrons.